The molecular weight excluding hydrogens is 489 g/mol. The Morgan fingerprint density at radius 2 is 1.89 bits per heavy atom. The largest absolute Gasteiger partial charge is 0.573 e. The van der Waals surface area contributed by atoms with E-state index in [1.54, 1.807) is 6.07 Å². The number of aromatic hydroxyl groups is 1. The van der Waals surface area contributed by atoms with Crippen molar-refractivity contribution in [3.05, 3.63) is 58.0 Å². The lowest BCUT2D eigenvalue weighted by Crippen LogP contribution is -2.44. The van der Waals surface area contributed by atoms with E-state index in [1.165, 1.54) is 31.4 Å². The summed E-state index contributed by atoms with van der Waals surface area (Å²) < 4.78 is 46.5. The number of benzene rings is 2. The molecular formula is C27H29F3N2O5. The highest BCUT2D eigenvalue weighted by Crippen LogP contribution is 2.62. The molecule has 1 N–H and O–H groups in total. The number of alkyl halides is 3. The molecule has 0 aromatic heterocycles. The summed E-state index contributed by atoms with van der Waals surface area (Å²) in [6, 6.07) is 8.78. The minimum absolute atomic E-state index is 0.0133. The van der Waals surface area contributed by atoms with Crippen LogP contribution >= 0.6 is 0 Å². The molecule has 37 heavy (non-hydrogen) atoms. The topological polar surface area (TPSA) is 89.7 Å². The van der Waals surface area contributed by atoms with Gasteiger partial charge in [0.05, 0.1) is 18.9 Å². The van der Waals surface area contributed by atoms with Gasteiger partial charge < -0.3 is 19.4 Å². The predicted molar refractivity (Wildman–Crippen MR) is 130 cm³/mol. The molecule has 0 amide bonds. The normalized spacial score (nSPS) is 29.7. The third kappa shape index (κ3) is 4.73. The van der Waals surface area contributed by atoms with Crippen molar-refractivity contribution < 1.29 is 32.6 Å². The number of halogens is 3. The maximum Gasteiger partial charge on any atom is 0.573 e. The van der Waals surface area contributed by atoms with Gasteiger partial charge in [0.25, 0.3) is 0 Å². The quantitative estimate of drug-likeness (QED) is 0.341. The van der Waals surface area contributed by atoms with Crippen LogP contribution in [0.15, 0.2) is 46.7 Å². The molecule has 5 rings (SSSR count). The van der Waals surface area contributed by atoms with Crippen LogP contribution in [0.1, 0.15) is 61.6 Å². The smallest absolute Gasteiger partial charge is 0.504 e. The second kappa shape index (κ2) is 9.54. The zero-order chi connectivity index (χ0) is 26.4. The van der Waals surface area contributed by atoms with E-state index < -0.39 is 6.36 Å². The molecule has 5 atom stereocenters. The molecule has 3 aliphatic carbocycles. The van der Waals surface area contributed by atoms with Gasteiger partial charge in [-0.05, 0) is 90.7 Å². The van der Waals surface area contributed by atoms with E-state index in [1.807, 2.05) is 6.07 Å². The van der Waals surface area contributed by atoms with Crippen molar-refractivity contribution in [1.82, 2.24) is 0 Å². The van der Waals surface area contributed by atoms with Gasteiger partial charge >= 0.3 is 6.36 Å². The summed E-state index contributed by atoms with van der Waals surface area (Å²) in [5.41, 5.74) is 3.03. The summed E-state index contributed by atoms with van der Waals surface area (Å²) in [4.78, 5) is 17.2. The minimum Gasteiger partial charge on any atom is -0.504 e. The first kappa shape index (κ1) is 25.4. The van der Waals surface area contributed by atoms with E-state index in [0.29, 0.717) is 29.4 Å². The lowest BCUT2D eigenvalue weighted by molar-refractivity contribution is -0.274. The van der Waals surface area contributed by atoms with Crippen molar-refractivity contribution in [1.29, 1.82) is 0 Å². The molecule has 0 radical (unpaired) electrons. The van der Waals surface area contributed by atoms with Gasteiger partial charge in [-0.2, -0.15) is 4.91 Å². The standard InChI is InChI=1S/C27H29F3N2O5/c1-26-10-9-17-18-13-24(35-2)23(33)12-20(18)22(11-19(17)21(26)7-8-25(26)31-34)32-36-14-15-3-5-16(6-4-15)37-27(28,29)30/h3-6,12-13,17,19,21,25,33H,7-11,14H2,1-2H3/t17-,19-,21+,25?,26+/m1/s1. The first-order valence-corrected chi connectivity index (χ1v) is 12.4. The Morgan fingerprint density at radius 1 is 1.14 bits per heavy atom. The maximum absolute atomic E-state index is 12.4. The molecule has 0 bridgehead atoms. The van der Waals surface area contributed by atoms with E-state index in [2.05, 4.69) is 22.0 Å². The molecule has 0 aliphatic heterocycles. The second-order valence-corrected chi connectivity index (χ2v) is 10.4. The average Bonchev–Trinajstić information content (AvgIpc) is 3.20. The van der Waals surface area contributed by atoms with Crippen LogP contribution in [0.2, 0.25) is 0 Å². The number of nitroso groups, excluding NO2 is 1. The summed E-state index contributed by atoms with van der Waals surface area (Å²) in [6.07, 6.45) is -0.579. The number of ether oxygens (including phenoxy) is 2. The molecule has 2 aromatic rings. The lowest BCUT2D eigenvalue weighted by Gasteiger charge is -2.49. The van der Waals surface area contributed by atoms with Crippen LogP contribution in [0.4, 0.5) is 13.2 Å². The van der Waals surface area contributed by atoms with Gasteiger partial charge in [0, 0.05) is 5.56 Å². The van der Waals surface area contributed by atoms with Crippen LogP contribution in [-0.4, -0.2) is 30.3 Å². The molecule has 2 aromatic carbocycles. The van der Waals surface area contributed by atoms with E-state index in [-0.39, 0.29) is 41.4 Å². The number of fused-ring (bicyclic) bond motifs is 5. The van der Waals surface area contributed by atoms with Crippen molar-refractivity contribution in [3.63, 3.8) is 0 Å². The second-order valence-electron chi connectivity index (χ2n) is 10.4. The number of oxime groups is 1. The highest BCUT2D eigenvalue weighted by molar-refractivity contribution is 6.03. The van der Waals surface area contributed by atoms with Crippen LogP contribution in [0.5, 0.6) is 17.2 Å². The Balaban J connectivity index is 1.41. The number of hydrogen-bond acceptors (Lipinski definition) is 7. The number of methoxy groups -OCH3 is 1. The van der Waals surface area contributed by atoms with E-state index in [0.717, 1.165) is 36.8 Å². The van der Waals surface area contributed by atoms with Gasteiger partial charge in [-0.3, -0.25) is 0 Å². The lowest BCUT2D eigenvalue weighted by atomic mass is 9.55. The SMILES string of the molecule is COc1cc2c(cc1O)C(=NOCc1ccc(OC(F)(F)F)cc1)C[C@@H]1[C@@H]2CC[C@]2(C)C(N=O)CC[C@@H]12. The Kier molecular flexibility index (Phi) is 6.53. The average molecular weight is 519 g/mol. The van der Waals surface area contributed by atoms with Crippen molar-refractivity contribution >= 4 is 5.71 Å². The Labute approximate surface area is 212 Å². The van der Waals surface area contributed by atoms with Gasteiger partial charge in [0.15, 0.2) is 11.5 Å². The zero-order valence-electron chi connectivity index (χ0n) is 20.6. The Morgan fingerprint density at radius 3 is 2.57 bits per heavy atom. The number of nitrogens with zero attached hydrogens (tertiary/aromatic N) is 2. The van der Waals surface area contributed by atoms with Crippen LogP contribution in [0.3, 0.4) is 0 Å². The number of phenols is 1. The number of phenolic OH excluding ortho intramolecular Hbond substituents is 1. The summed E-state index contributed by atoms with van der Waals surface area (Å²) in [6.45, 7) is 2.24. The molecule has 10 heteroatoms. The van der Waals surface area contributed by atoms with Gasteiger partial charge in [-0.15, -0.1) is 13.2 Å². The highest BCUT2D eigenvalue weighted by Gasteiger charge is 2.56. The van der Waals surface area contributed by atoms with Gasteiger partial charge in [-0.1, -0.05) is 29.4 Å². The molecule has 7 nitrogen and oxygen atoms in total. The Hall–Kier alpha value is -3.30. The molecule has 0 saturated heterocycles. The Bertz CT molecular complexity index is 1200. The molecule has 1 unspecified atom stereocenters. The fourth-order valence-corrected chi connectivity index (χ4v) is 6.80. The summed E-state index contributed by atoms with van der Waals surface area (Å²) in [5, 5.41) is 18.4. The van der Waals surface area contributed by atoms with Crippen molar-refractivity contribution in [3.8, 4) is 17.2 Å². The minimum atomic E-state index is -4.75. The molecule has 3 aliphatic rings. The summed E-state index contributed by atoms with van der Waals surface area (Å²) in [7, 11) is 1.51. The van der Waals surface area contributed by atoms with Gasteiger partial charge in [0.1, 0.15) is 12.4 Å². The van der Waals surface area contributed by atoms with Crippen LogP contribution < -0.4 is 9.47 Å². The summed E-state index contributed by atoms with van der Waals surface area (Å²) >= 11 is 0. The van der Waals surface area contributed by atoms with E-state index in [9.17, 15) is 23.2 Å². The third-order valence-electron chi connectivity index (χ3n) is 8.57. The molecule has 0 heterocycles. The van der Waals surface area contributed by atoms with E-state index >= 15 is 0 Å². The van der Waals surface area contributed by atoms with Crippen molar-refractivity contribution in [2.45, 2.75) is 64.0 Å². The van der Waals surface area contributed by atoms with Crippen LogP contribution in [0.25, 0.3) is 0 Å². The zero-order valence-corrected chi connectivity index (χ0v) is 20.6. The third-order valence-corrected chi connectivity index (χ3v) is 8.57. The number of hydrogen-bond donors (Lipinski definition) is 1. The predicted octanol–water partition coefficient (Wildman–Crippen LogP) is 6.67. The fraction of sp³-hybridized carbons (Fsp3) is 0.519. The highest BCUT2D eigenvalue weighted by atomic mass is 19.4. The fourth-order valence-electron chi connectivity index (χ4n) is 6.80. The van der Waals surface area contributed by atoms with Crippen LogP contribution in [-0.2, 0) is 11.4 Å². The van der Waals surface area contributed by atoms with Gasteiger partial charge in [-0.25, -0.2) is 0 Å². The van der Waals surface area contributed by atoms with E-state index in [4.69, 9.17) is 9.57 Å². The molecule has 2 fully saturated rings. The van der Waals surface area contributed by atoms with Crippen molar-refractivity contribution in [2.75, 3.05) is 7.11 Å². The molecule has 0 spiro atoms. The van der Waals surface area contributed by atoms with Gasteiger partial charge in [0.2, 0.25) is 0 Å². The van der Waals surface area contributed by atoms with Crippen molar-refractivity contribution in [2.24, 2.45) is 27.6 Å². The molecule has 2 saturated carbocycles. The monoisotopic (exact) mass is 518 g/mol. The first-order valence-electron chi connectivity index (χ1n) is 12.4. The first-order chi connectivity index (χ1) is 17.6. The maximum atomic E-state index is 12.4. The van der Waals surface area contributed by atoms with Crippen LogP contribution in [0, 0.1) is 22.2 Å². The number of rotatable bonds is 6. The molecule has 198 valence electrons. The summed E-state index contributed by atoms with van der Waals surface area (Å²) in [5.74, 6) is 0.904.